The van der Waals surface area contributed by atoms with Gasteiger partial charge in [-0.2, -0.15) is 0 Å². The van der Waals surface area contributed by atoms with Gasteiger partial charge in [0.15, 0.2) is 5.82 Å². The minimum atomic E-state index is -0.258. The number of benzene rings is 2. The summed E-state index contributed by atoms with van der Waals surface area (Å²) in [7, 11) is 1.77. The van der Waals surface area contributed by atoms with Gasteiger partial charge in [-0.1, -0.05) is 35.9 Å². The number of carbonyl (C=O) groups excluding carboxylic acids is 1. The van der Waals surface area contributed by atoms with E-state index in [2.05, 4.69) is 44.4 Å². The third-order valence-corrected chi connectivity index (χ3v) is 4.25. The Bertz CT molecular complexity index is 933. The molecule has 7 nitrogen and oxygen atoms in total. The van der Waals surface area contributed by atoms with E-state index in [1.807, 2.05) is 45.0 Å². The Hall–Kier alpha value is -3.22. The molecule has 1 aromatic heterocycles. The zero-order valence-electron chi connectivity index (χ0n) is 15.3. The van der Waals surface area contributed by atoms with Crippen LogP contribution in [0.3, 0.4) is 0 Å². The number of urea groups is 1. The maximum absolute atomic E-state index is 12.4. The first-order valence-corrected chi connectivity index (χ1v) is 8.41. The van der Waals surface area contributed by atoms with Crippen molar-refractivity contribution in [3.8, 4) is 11.4 Å². The molecule has 0 aliphatic rings. The molecular weight excluding hydrogens is 328 g/mol. The fourth-order valence-electron chi connectivity index (χ4n) is 2.88. The van der Waals surface area contributed by atoms with Crippen LogP contribution in [0.4, 0.5) is 10.5 Å². The second-order valence-electron chi connectivity index (χ2n) is 6.39. The van der Waals surface area contributed by atoms with Crippen molar-refractivity contribution < 1.29 is 4.79 Å². The van der Waals surface area contributed by atoms with Crippen molar-refractivity contribution in [1.82, 2.24) is 25.5 Å². The van der Waals surface area contributed by atoms with E-state index in [4.69, 9.17) is 0 Å². The molecule has 0 spiro atoms. The SMILES string of the molecule is Cc1ccc(C)c(C(C)NC(=O)Nc2cccc(-c3nnnn3C)c2)c1. The summed E-state index contributed by atoms with van der Waals surface area (Å²) in [4.78, 5) is 12.4. The predicted molar refractivity (Wildman–Crippen MR) is 101 cm³/mol. The van der Waals surface area contributed by atoms with Gasteiger partial charge in [-0.15, -0.1) is 5.10 Å². The number of amides is 2. The molecule has 2 amide bonds. The van der Waals surface area contributed by atoms with E-state index < -0.39 is 0 Å². The molecule has 0 bridgehead atoms. The van der Waals surface area contributed by atoms with Crippen LogP contribution < -0.4 is 10.6 Å². The highest BCUT2D eigenvalue weighted by Gasteiger charge is 2.13. The first kappa shape index (κ1) is 17.6. The summed E-state index contributed by atoms with van der Waals surface area (Å²) in [6, 6.07) is 13.3. The highest BCUT2D eigenvalue weighted by Crippen LogP contribution is 2.21. The lowest BCUT2D eigenvalue weighted by Crippen LogP contribution is -2.31. The number of hydrogen-bond acceptors (Lipinski definition) is 4. The van der Waals surface area contributed by atoms with Gasteiger partial charge in [0.2, 0.25) is 0 Å². The Labute approximate surface area is 152 Å². The Balaban J connectivity index is 1.70. The molecule has 0 aliphatic carbocycles. The van der Waals surface area contributed by atoms with Crippen LogP contribution in [0.2, 0.25) is 0 Å². The number of aryl methyl sites for hydroxylation is 3. The molecule has 7 heteroatoms. The maximum Gasteiger partial charge on any atom is 0.319 e. The molecule has 2 N–H and O–H groups in total. The summed E-state index contributed by atoms with van der Waals surface area (Å²) in [6.45, 7) is 6.06. The number of rotatable bonds is 4. The molecule has 1 unspecified atom stereocenters. The fourth-order valence-corrected chi connectivity index (χ4v) is 2.88. The number of aromatic nitrogens is 4. The highest BCUT2D eigenvalue weighted by molar-refractivity contribution is 5.90. The van der Waals surface area contributed by atoms with Crippen LogP contribution in [0.25, 0.3) is 11.4 Å². The molecule has 3 aromatic rings. The van der Waals surface area contributed by atoms with Crippen molar-refractivity contribution in [2.24, 2.45) is 7.05 Å². The summed E-state index contributed by atoms with van der Waals surface area (Å²) >= 11 is 0. The van der Waals surface area contributed by atoms with E-state index in [9.17, 15) is 4.79 Å². The van der Waals surface area contributed by atoms with Gasteiger partial charge >= 0.3 is 6.03 Å². The van der Waals surface area contributed by atoms with Crippen molar-refractivity contribution in [1.29, 1.82) is 0 Å². The Morgan fingerprint density at radius 3 is 2.69 bits per heavy atom. The van der Waals surface area contributed by atoms with E-state index in [1.54, 1.807) is 11.7 Å². The Kier molecular flexibility index (Phi) is 4.97. The van der Waals surface area contributed by atoms with Crippen LogP contribution >= 0.6 is 0 Å². The average Bonchev–Trinajstić information content (AvgIpc) is 3.03. The Morgan fingerprint density at radius 1 is 1.15 bits per heavy atom. The summed E-state index contributed by atoms with van der Waals surface area (Å²) in [5, 5.41) is 17.3. The summed E-state index contributed by atoms with van der Waals surface area (Å²) in [5.41, 5.74) is 4.94. The molecule has 0 fully saturated rings. The van der Waals surface area contributed by atoms with Crippen LogP contribution in [0, 0.1) is 13.8 Å². The number of tetrazole rings is 1. The number of nitrogens with zero attached hydrogens (tertiary/aromatic N) is 4. The molecule has 0 aliphatic heterocycles. The van der Waals surface area contributed by atoms with Crippen LogP contribution in [0.1, 0.15) is 29.7 Å². The third kappa shape index (κ3) is 3.88. The lowest BCUT2D eigenvalue weighted by Gasteiger charge is -2.18. The largest absolute Gasteiger partial charge is 0.331 e. The standard InChI is InChI=1S/C19H22N6O/c1-12-8-9-13(2)17(10-12)14(3)20-19(26)21-16-7-5-6-15(11-16)18-22-23-24-25(18)4/h5-11,14H,1-4H3,(H2,20,21,26). The molecule has 2 aromatic carbocycles. The number of anilines is 1. The van der Waals surface area contributed by atoms with Crippen molar-refractivity contribution in [3.63, 3.8) is 0 Å². The van der Waals surface area contributed by atoms with Gasteiger partial charge in [-0.25, -0.2) is 9.48 Å². The molecule has 1 atom stereocenters. The minimum absolute atomic E-state index is 0.0963. The van der Waals surface area contributed by atoms with Gasteiger partial charge in [0.05, 0.1) is 6.04 Å². The van der Waals surface area contributed by atoms with Crippen molar-refractivity contribution in [3.05, 3.63) is 59.2 Å². The van der Waals surface area contributed by atoms with E-state index in [0.717, 1.165) is 16.7 Å². The van der Waals surface area contributed by atoms with Gasteiger partial charge in [0.1, 0.15) is 0 Å². The van der Waals surface area contributed by atoms with Crippen LogP contribution in [0.5, 0.6) is 0 Å². The van der Waals surface area contributed by atoms with Crippen LogP contribution in [0.15, 0.2) is 42.5 Å². The van der Waals surface area contributed by atoms with Gasteiger partial charge in [0.25, 0.3) is 0 Å². The van der Waals surface area contributed by atoms with Gasteiger partial charge in [-0.3, -0.25) is 0 Å². The molecule has 0 saturated carbocycles. The monoisotopic (exact) mass is 350 g/mol. The zero-order valence-corrected chi connectivity index (χ0v) is 15.3. The Morgan fingerprint density at radius 2 is 1.96 bits per heavy atom. The summed E-state index contributed by atoms with van der Waals surface area (Å²) < 4.78 is 1.59. The molecular formula is C19H22N6O. The zero-order chi connectivity index (χ0) is 18.7. The summed E-state index contributed by atoms with van der Waals surface area (Å²) in [5.74, 6) is 0.637. The summed E-state index contributed by atoms with van der Waals surface area (Å²) in [6.07, 6.45) is 0. The second kappa shape index (κ2) is 7.35. The van der Waals surface area contributed by atoms with Gasteiger partial charge in [-0.05, 0) is 54.5 Å². The van der Waals surface area contributed by atoms with Crippen molar-refractivity contribution in [2.75, 3.05) is 5.32 Å². The lowest BCUT2D eigenvalue weighted by atomic mass is 10.0. The van der Waals surface area contributed by atoms with Crippen LogP contribution in [-0.2, 0) is 7.05 Å². The molecule has 3 rings (SSSR count). The lowest BCUT2D eigenvalue weighted by molar-refractivity contribution is 0.249. The minimum Gasteiger partial charge on any atom is -0.331 e. The third-order valence-electron chi connectivity index (χ3n) is 4.25. The first-order chi connectivity index (χ1) is 12.4. The van der Waals surface area contributed by atoms with Crippen LogP contribution in [-0.4, -0.2) is 26.2 Å². The van der Waals surface area contributed by atoms with E-state index >= 15 is 0 Å². The number of nitrogens with one attached hydrogen (secondary N) is 2. The van der Waals surface area contributed by atoms with Crippen molar-refractivity contribution in [2.45, 2.75) is 26.8 Å². The average molecular weight is 350 g/mol. The molecule has 26 heavy (non-hydrogen) atoms. The normalized spacial score (nSPS) is 11.8. The molecule has 0 saturated heterocycles. The highest BCUT2D eigenvalue weighted by atomic mass is 16.2. The predicted octanol–water partition coefficient (Wildman–Crippen LogP) is 3.38. The topological polar surface area (TPSA) is 84.7 Å². The van der Waals surface area contributed by atoms with Crippen molar-refractivity contribution >= 4 is 11.7 Å². The van der Waals surface area contributed by atoms with E-state index in [1.165, 1.54) is 5.56 Å². The maximum atomic E-state index is 12.4. The second-order valence-corrected chi connectivity index (χ2v) is 6.39. The van der Waals surface area contributed by atoms with Gasteiger partial charge < -0.3 is 10.6 Å². The van der Waals surface area contributed by atoms with E-state index in [-0.39, 0.29) is 12.1 Å². The quantitative estimate of drug-likeness (QED) is 0.755. The van der Waals surface area contributed by atoms with E-state index in [0.29, 0.717) is 11.5 Å². The fraction of sp³-hybridized carbons (Fsp3) is 0.263. The molecule has 1 heterocycles. The number of carbonyl (C=O) groups is 1. The molecule has 0 radical (unpaired) electrons. The smallest absolute Gasteiger partial charge is 0.319 e. The molecule has 134 valence electrons. The van der Waals surface area contributed by atoms with Gasteiger partial charge in [0, 0.05) is 18.3 Å². The number of hydrogen-bond donors (Lipinski definition) is 2. The first-order valence-electron chi connectivity index (χ1n) is 8.41.